The van der Waals surface area contributed by atoms with Crippen molar-refractivity contribution in [1.29, 1.82) is 5.26 Å². The van der Waals surface area contributed by atoms with Gasteiger partial charge in [-0.1, -0.05) is 6.92 Å². The zero-order valence-electron chi connectivity index (χ0n) is 10.8. The first-order chi connectivity index (χ1) is 9.01. The number of hydrogen-bond donors (Lipinski definition) is 1. The molecule has 1 aromatic carbocycles. The van der Waals surface area contributed by atoms with Crippen molar-refractivity contribution in [1.82, 2.24) is 4.31 Å². The van der Waals surface area contributed by atoms with Crippen LogP contribution in [0.2, 0.25) is 0 Å². The molecule has 19 heavy (non-hydrogen) atoms. The summed E-state index contributed by atoms with van der Waals surface area (Å²) < 4.78 is 28.4. The van der Waals surface area contributed by atoms with Gasteiger partial charge in [0.05, 0.1) is 11.6 Å². The minimum Gasteiger partial charge on any atom is -0.271 e. The molecule has 1 fully saturated rings. The van der Waals surface area contributed by atoms with E-state index in [0.29, 0.717) is 30.3 Å². The van der Waals surface area contributed by atoms with Crippen LogP contribution in [-0.4, -0.2) is 25.8 Å². The zero-order valence-corrected chi connectivity index (χ0v) is 11.7. The third kappa shape index (κ3) is 3.46. The highest BCUT2D eigenvalue weighted by atomic mass is 32.2. The molecular weight excluding hydrogens is 262 g/mol. The molecule has 0 aromatic heterocycles. The van der Waals surface area contributed by atoms with E-state index in [0.717, 1.165) is 12.8 Å². The van der Waals surface area contributed by atoms with Gasteiger partial charge < -0.3 is 0 Å². The van der Waals surface area contributed by atoms with Crippen LogP contribution in [0.1, 0.15) is 25.3 Å². The summed E-state index contributed by atoms with van der Waals surface area (Å²) in [5, 5.41) is 8.69. The van der Waals surface area contributed by atoms with Crippen molar-refractivity contribution in [3.05, 3.63) is 29.8 Å². The summed E-state index contributed by atoms with van der Waals surface area (Å²) in [4.78, 5) is 0. The quantitative estimate of drug-likeness (QED) is 0.919. The predicted molar refractivity (Wildman–Crippen MR) is 73.7 cm³/mol. The first kappa shape index (κ1) is 13.8. The number of piperidine rings is 1. The van der Waals surface area contributed by atoms with Gasteiger partial charge in [-0.2, -0.15) is 18.0 Å². The van der Waals surface area contributed by atoms with E-state index in [2.05, 4.69) is 11.6 Å². The molecule has 0 bridgehead atoms. The average molecular weight is 279 g/mol. The molecule has 1 heterocycles. The van der Waals surface area contributed by atoms with E-state index in [1.165, 1.54) is 4.31 Å². The third-order valence-corrected chi connectivity index (χ3v) is 4.88. The second-order valence-corrected chi connectivity index (χ2v) is 6.55. The minimum absolute atomic E-state index is 0.484. The van der Waals surface area contributed by atoms with Crippen molar-refractivity contribution in [2.75, 3.05) is 17.8 Å². The van der Waals surface area contributed by atoms with Gasteiger partial charge in [-0.25, -0.2) is 0 Å². The second kappa shape index (κ2) is 5.59. The lowest BCUT2D eigenvalue weighted by molar-refractivity contribution is 0.289. The first-order valence-corrected chi connectivity index (χ1v) is 7.73. The van der Waals surface area contributed by atoms with Gasteiger partial charge in [0, 0.05) is 18.8 Å². The van der Waals surface area contributed by atoms with Crippen LogP contribution in [0.15, 0.2) is 24.3 Å². The van der Waals surface area contributed by atoms with Crippen molar-refractivity contribution >= 4 is 15.9 Å². The maximum absolute atomic E-state index is 12.2. The van der Waals surface area contributed by atoms with Gasteiger partial charge in [-0.05, 0) is 43.0 Å². The van der Waals surface area contributed by atoms with Crippen molar-refractivity contribution in [2.45, 2.75) is 19.8 Å². The van der Waals surface area contributed by atoms with Crippen LogP contribution in [0.25, 0.3) is 0 Å². The van der Waals surface area contributed by atoms with E-state index in [1.54, 1.807) is 24.3 Å². The van der Waals surface area contributed by atoms with Gasteiger partial charge in [-0.15, -0.1) is 0 Å². The molecule has 0 aliphatic carbocycles. The van der Waals surface area contributed by atoms with E-state index in [-0.39, 0.29) is 0 Å². The van der Waals surface area contributed by atoms with E-state index in [4.69, 9.17) is 5.26 Å². The fourth-order valence-electron chi connectivity index (χ4n) is 2.05. The van der Waals surface area contributed by atoms with Gasteiger partial charge in [-0.3, -0.25) is 4.72 Å². The number of benzene rings is 1. The van der Waals surface area contributed by atoms with Crippen molar-refractivity contribution < 1.29 is 8.42 Å². The van der Waals surface area contributed by atoms with Crippen molar-refractivity contribution in [3.63, 3.8) is 0 Å². The minimum atomic E-state index is -3.48. The smallest absolute Gasteiger partial charge is 0.271 e. The summed E-state index contributed by atoms with van der Waals surface area (Å²) in [6.07, 6.45) is 1.79. The Labute approximate surface area is 114 Å². The van der Waals surface area contributed by atoms with Crippen LogP contribution in [-0.2, 0) is 10.2 Å². The molecule has 1 aliphatic heterocycles. The maximum Gasteiger partial charge on any atom is 0.301 e. The Bertz CT molecular complexity index is 567. The SMILES string of the molecule is CC1CCN(S(=O)(=O)Nc2ccc(C#N)cc2)CC1. The molecule has 0 unspecified atom stereocenters. The fourth-order valence-corrected chi connectivity index (χ4v) is 3.31. The van der Waals surface area contributed by atoms with Gasteiger partial charge in [0.2, 0.25) is 0 Å². The first-order valence-electron chi connectivity index (χ1n) is 6.29. The highest BCUT2D eigenvalue weighted by Gasteiger charge is 2.26. The van der Waals surface area contributed by atoms with E-state index < -0.39 is 10.2 Å². The topological polar surface area (TPSA) is 73.2 Å². The van der Waals surface area contributed by atoms with Crippen LogP contribution in [0, 0.1) is 17.2 Å². The monoisotopic (exact) mass is 279 g/mol. The van der Waals surface area contributed by atoms with E-state index in [1.807, 2.05) is 6.07 Å². The summed E-state index contributed by atoms with van der Waals surface area (Å²) in [7, 11) is -3.48. The Balaban J connectivity index is 2.06. The molecule has 0 radical (unpaired) electrons. The van der Waals surface area contributed by atoms with Crippen LogP contribution in [0.5, 0.6) is 0 Å². The number of hydrogen-bond acceptors (Lipinski definition) is 3. The van der Waals surface area contributed by atoms with Gasteiger partial charge in [0.1, 0.15) is 0 Å². The molecular formula is C13H17N3O2S. The van der Waals surface area contributed by atoms with Crippen LogP contribution < -0.4 is 4.72 Å². The lowest BCUT2D eigenvalue weighted by Crippen LogP contribution is -2.41. The number of nitrogens with one attached hydrogen (secondary N) is 1. The molecule has 6 heteroatoms. The molecule has 102 valence electrons. The predicted octanol–water partition coefficient (Wildman–Crippen LogP) is 1.95. The van der Waals surface area contributed by atoms with Crippen molar-refractivity contribution in [3.8, 4) is 6.07 Å². The Morgan fingerprint density at radius 3 is 2.37 bits per heavy atom. The van der Waals surface area contributed by atoms with Crippen LogP contribution >= 0.6 is 0 Å². The van der Waals surface area contributed by atoms with E-state index >= 15 is 0 Å². The largest absolute Gasteiger partial charge is 0.301 e. The maximum atomic E-state index is 12.2. The van der Waals surface area contributed by atoms with Crippen LogP contribution in [0.3, 0.4) is 0 Å². The highest BCUT2D eigenvalue weighted by Crippen LogP contribution is 2.20. The highest BCUT2D eigenvalue weighted by molar-refractivity contribution is 7.90. The Morgan fingerprint density at radius 2 is 1.84 bits per heavy atom. The summed E-state index contributed by atoms with van der Waals surface area (Å²) in [6, 6.07) is 8.38. The standard InChI is InChI=1S/C13H17N3O2S/c1-11-6-8-16(9-7-11)19(17,18)15-13-4-2-12(10-14)3-5-13/h2-5,11,15H,6-9H2,1H3. The molecule has 1 saturated heterocycles. The molecule has 1 aromatic rings. The van der Waals surface area contributed by atoms with E-state index in [9.17, 15) is 8.42 Å². The Hall–Kier alpha value is -1.58. The van der Waals surface area contributed by atoms with Crippen molar-refractivity contribution in [2.24, 2.45) is 5.92 Å². The Morgan fingerprint density at radius 1 is 1.26 bits per heavy atom. The second-order valence-electron chi connectivity index (χ2n) is 4.88. The normalized spacial score (nSPS) is 17.9. The van der Waals surface area contributed by atoms with Gasteiger partial charge in [0.15, 0.2) is 0 Å². The molecule has 0 amide bonds. The third-order valence-electron chi connectivity index (χ3n) is 3.34. The number of nitrogens with zero attached hydrogens (tertiary/aromatic N) is 2. The molecule has 0 atom stereocenters. The zero-order chi connectivity index (χ0) is 13.9. The molecule has 2 rings (SSSR count). The molecule has 0 spiro atoms. The summed E-state index contributed by atoms with van der Waals surface area (Å²) >= 11 is 0. The molecule has 1 N–H and O–H groups in total. The van der Waals surface area contributed by atoms with Crippen LogP contribution in [0.4, 0.5) is 5.69 Å². The summed E-state index contributed by atoms with van der Waals surface area (Å²) in [5.41, 5.74) is 0.993. The molecule has 1 aliphatic rings. The average Bonchev–Trinajstić information content (AvgIpc) is 2.40. The molecule has 0 saturated carbocycles. The van der Waals surface area contributed by atoms with Gasteiger partial charge >= 0.3 is 10.2 Å². The fraction of sp³-hybridized carbons (Fsp3) is 0.462. The summed E-state index contributed by atoms with van der Waals surface area (Å²) in [6.45, 7) is 3.26. The lowest BCUT2D eigenvalue weighted by atomic mass is 10.0. The number of anilines is 1. The summed E-state index contributed by atoms with van der Waals surface area (Å²) in [5.74, 6) is 0.585. The van der Waals surface area contributed by atoms with Gasteiger partial charge in [0.25, 0.3) is 0 Å². The lowest BCUT2D eigenvalue weighted by Gasteiger charge is -2.29. The molecule has 5 nitrogen and oxygen atoms in total. The Kier molecular flexibility index (Phi) is 4.08. The number of rotatable bonds is 3. The number of nitriles is 1.